The maximum absolute atomic E-state index is 13.6. The molecule has 2 aromatic carbocycles. The van der Waals surface area contributed by atoms with Crippen LogP contribution in [0, 0.1) is 0 Å². The van der Waals surface area contributed by atoms with Crippen molar-refractivity contribution in [1.82, 2.24) is 14.2 Å². The number of fused-ring (bicyclic) bond motifs is 1. The summed E-state index contributed by atoms with van der Waals surface area (Å²) in [5.41, 5.74) is 1.06. The number of anilines is 1. The van der Waals surface area contributed by atoms with Crippen LogP contribution < -0.4 is 17.3 Å². The summed E-state index contributed by atoms with van der Waals surface area (Å²) in [7, 11) is 0.279. The molecular formula is C25H31Cl2N4O4S2-. The van der Waals surface area contributed by atoms with Crippen molar-refractivity contribution in [3.63, 3.8) is 0 Å². The highest BCUT2D eigenvalue weighted by atomic mass is 35.5. The molecule has 1 aliphatic rings. The number of para-hydroxylation sites is 1. The van der Waals surface area contributed by atoms with E-state index in [-0.39, 0.29) is 35.4 Å². The number of aromatic nitrogens is 1. The van der Waals surface area contributed by atoms with Gasteiger partial charge in [-0.2, -0.15) is 4.31 Å². The molecule has 202 valence electrons. The third-order valence-corrected chi connectivity index (χ3v) is 9.14. The van der Waals surface area contributed by atoms with Crippen LogP contribution in [-0.4, -0.2) is 81.0 Å². The summed E-state index contributed by atoms with van der Waals surface area (Å²) in [6.07, 6.45) is 0.396. The monoisotopic (exact) mass is 585 g/mol. The fourth-order valence-corrected chi connectivity index (χ4v) is 7.13. The molecule has 0 radical (unpaired) electrons. The summed E-state index contributed by atoms with van der Waals surface area (Å²) in [5.74, 6) is -0.235. The number of morpholine rings is 1. The van der Waals surface area contributed by atoms with Crippen molar-refractivity contribution >= 4 is 54.2 Å². The minimum Gasteiger partial charge on any atom is -1.00 e. The van der Waals surface area contributed by atoms with Crippen LogP contribution in [0.4, 0.5) is 5.13 Å². The normalized spacial score (nSPS) is 18.6. The average molecular weight is 587 g/mol. The lowest BCUT2D eigenvalue weighted by atomic mass is 10.2. The first-order valence-corrected chi connectivity index (χ1v) is 14.5. The van der Waals surface area contributed by atoms with E-state index in [1.807, 2.05) is 40.1 Å². The molecule has 1 saturated heterocycles. The summed E-state index contributed by atoms with van der Waals surface area (Å²) >= 11 is 7.73. The first-order chi connectivity index (χ1) is 17.1. The molecule has 37 heavy (non-hydrogen) atoms. The predicted molar refractivity (Wildman–Crippen MR) is 145 cm³/mol. The van der Waals surface area contributed by atoms with Gasteiger partial charge in [0.15, 0.2) is 5.13 Å². The second-order valence-corrected chi connectivity index (χ2v) is 12.7. The molecule has 2 unspecified atom stereocenters. The maximum atomic E-state index is 13.6. The molecule has 1 aromatic heterocycles. The highest BCUT2D eigenvalue weighted by Gasteiger charge is 2.32. The molecule has 1 fully saturated rings. The second-order valence-electron chi connectivity index (χ2n) is 9.30. The minimum absolute atomic E-state index is 0. The number of thiazole rings is 1. The van der Waals surface area contributed by atoms with Crippen LogP contribution in [-0.2, 0) is 14.8 Å². The van der Waals surface area contributed by atoms with E-state index in [4.69, 9.17) is 16.3 Å². The Morgan fingerprint density at radius 3 is 2.35 bits per heavy atom. The van der Waals surface area contributed by atoms with Crippen LogP contribution in [0.15, 0.2) is 47.4 Å². The number of halogens is 2. The number of hydrogen-bond acceptors (Lipinski definition) is 7. The lowest BCUT2D eigenvalue weighted by molar-refractivity contribution is -0.0440. The molecule has 8 nitrogen and oxygen atoms in total. The average Bonchev–Trinajstić information content (AvgIpc) is 3.26. The fourth-order valence-electron chi connectivity index (χ4n) is 4.25. The van der Waals surface area contributed by atoms with E-state index in [1.165, 1.54) is 27.8 Å². The van der Waals surface area contributed by atoms with Gasteiger partial charge in [0.25, 0.3) is 5.91 Å². The van der Waals surface area contributed by atoms with E-state index in [9.17, 15) is 13.2 Å². The highest BCUT2D eigenvalue weighted by Crippen LogP contribution is 2.33. The van der Waals surface area contributed by atoms with Gasteiger partial charge in [0.1, 0.15) is 5.52 Å². The number of ether oxygens (including phenoxy) is 1. The molecule has 0 aliphatic carbocycles. The number of sulfonamides is 1. The molecule has 0 spiro atoms. The Morgan fingerprint density at radius 1 is 1.11 bits per heavy atom. The van der Waals surface area contributed by atoms with Crippen LogP contribution in [0.25, 0.3) is 10.2 Å². The number of rotatable bonds is 8. The Bertz CT molecular complexity index is 1320. The molecule has 1 aliphatic heterocycles. The Kier molecular flexibility index (Phi) is 9.96. The van der Waals surface area contributed by atoms with Crippen LogP contribution in [0.5, 0.6) is 0 Å². The van der Waals surface area contributed by atoms with E-state index in [0.29, 0.717) is 40.9 Å². The van der Waals surface area contributed by atoms with Crippen molar-refractivity contribution in [2.45, 2.75) is 37.4 Å². The van der Waals surface area contributed by atoms with E-state index >= 15 is 0 Å². The predicted octanol–water partition coefficient (Wildman–Crippen LogP) is 1.35. The van der Waals surface area contributed by atoms with Gasteiger partial charge in [0.05, 0.1) is 26.8 Å². The molecule has 0 saturated carbocycles. The van der Waals surface area contributed by atoms with Crippen molar-refractivity contribution in [3.8, 4) is 0 Å². The molecule has 1 amide bonds. The molecule has 12 heteroatoms. The quantitative estimate of drug-likeness (QED) is 0.397. The van der Waals surface area contributed by atoms with Gasteiger partial charge in [-0.15, -0.1) is 0 Å². The molecule has 2 heterocycles. The fraction of sp³-hybridized carbons (Fsp3) is 0.440. The standard InChI is InChI=1S/C25H31ClN4O4S2.ClH/c1-17-15-29(16-18(2)34-17)36(32,33)20-11-9-19(10-12-20)24(31)30(14-6-13-28(3)4)25-27-23-21(26)7-5-8-22(23)35-25;/h5,7-12,17-18H,6,13-16H2,1-4H3;1H/p-1. The van der Waals surface area contributed by atoms with Crippen molar-refractivity contribution in [2.24, 2.45) is 0 Å². The zero-order valence-corrected chi connectivity index (χ0v) is 24.4. The van der Waals surface area contributed by atoms with Gasteiger partial charge in [-0.1, -0.05) is 29.0 Å². The minimum atomic E-state index is -3.69. The third-order valence-electron chi connectivity index (χ3n) is 5.95. The molecule has 3 aromatic rings. The third kappa shape index (κ3) is 6.81. The first-order valence-electron chi connectivity index (χ1n) is 11.8. The smallest absolute Gasteiger partial charge is 0.260 e. The van der Waals surface area contributed by atoms with E-state index in [1.54, 1.807) is 23.1 Å². The van der Waals surface area contributed by atoms with Gasteiger partial charge in [0, 0.05) is 25.2 Å². The Hall–Kier alpha value is -1.79. The molecular weight excluding hydrogens is 555 g/mol. The molecule has 4 rings (SSSR count). The van der Waals surface area contributed by atoms with Crippen LogP contribution in [0.2, 0.25) is 5.02 Å². The number of carbonyl (C=O) groups excluding carboxylic acids is 1. The summed E-state index contributed by atoms with van der Waals surface area (Å²) in [6, 6.07) is 11.7. The lowest BCUT2D eigenvalue weighted by Crippen LogP contribution is -3.00. The van der Waals surface area contributed by atoms with Crippen molar-refractivity contribution in [1.29, 1.82) is 0 Å². The SMILES string of the molecule is CC1CN(S(=O)(=O)c2ccc(C(=O)N(CCCN(C)C)c3nc4c(Cl)cccc4s3)cc2)CC(C)O1.[Cl-]. The van der Waals surface area contributed by atoms with Gasteiger partial charge >= 0.3 is 0 Å². The zero-order chi connectivity index (χ0) is 26.0. The summed E-state index contributed by atoms with van der Waals surface area (Å²) < 4.78 is 34.4. The number of benzene rings is 2. The maximum Gasteiger partial charge on any atom is 0.260 e. The zero-order valence-electron chi connectivity index (χ0n) is 21.2. The Morgan fingerprint density at radius 2 is 1.76 bits per heavy atom. The second kappa shape index (κ2) is 12.4. The van der Waals surface area contributed by atoms with Crippen LogP contribution in [0.1, 0.15) is 30.6 Å². The first kappa shape index (κ1) is 29.8. The van der Waals surface area contributed by atoms with Gasteiger partial charge in [-0.25, -0.2) is 13.4 Å². The van der Waals surface area contributed by atoms with Crippen LogP contribution in [0.3, 0.4) is 0 Å². The van der Waals surface area contributed by atoms with Crippen LogP contribution >= 0.6 is 22.9 Å². The molecule has 0 N–H and O–H groups in total. The van der Waals surface area contributed by atoms with E-state index in [2.05, 4.69) is 9.88 Å². The van der Waals surface area contributed by atoms with E-state index in [0.717, 1.165) is 17.7 Å². The largest absolute Gasteiger partial charge is 1.00 e. The number of hydrogen-bond donors (Lipinski definition) is 0. The van der Waals surface area contributed by atoms with Gasteiger partial charge in [-0.05, 0) is 77.3 Å². The number of nitrogens with zero attached hydrogens (tertiary/aromatic N) is 4. The van der Waals surface area contributed by atoms with Crippen molar-refractivity contribution < 1.29 is 30.4 Å². The summed E-state index contributed by atoms with van der Waals surface area (Å²) in [5, 5.41) is 1.10. The van der Waals surface area contributed by atoms with Gasteiger partial charge in [-0.3, -0.25) is 9.69 Å². The summed E-state index contributed by atoms with van der Waals surface area (Å²) in [6.45, 7) is 5.60. The number of amides is 1. The van der Waals surface area contributed by atoms with Gasteiger partial charge in [0.2, 0.25) is 10.0 Å². The molecule has 2 atom stereocenters. The lowest BCUT2D eigenvalue weighted by Gasteiger charge is -2.34. The summed E-state index contributed by atoms with van der Waals surface area (Å²) in [4.78, 5) is 22.1. The van der Waals surface area contributed by atoms with Crippen molar-refractivity contribution in [2.75, 3.05) is 45.2 Å². The Balaban J connectivity index is 0.00000380. The molecule has 0 bridgehead atoms. The number of carbonyl (C=O) groups is 1. The topological polar surface area (TPSA) is 83.1 Å². The van der Waals surface area contributed by atoms with Gasteiger partial charge < -0.3 is 22.0 Å². The Labute approximate surface area is 233 Å². The van der Waals surface area contributed by atoms with E-state index < -0.39 is 10.0 Å². The van der Waals surface area contributed by atoms with Crippen molar-refractivity contribution in [3.05, 3.63) is 53.1 Å². The highest BCUT2D eigenvalue weighted by molar-refractivity contribution is 7.89.